The lowest BCUT2D eigenvalue weighted by Gasteiger charge is -2.11. The fourth-order valence-corrected chi connectivity index (χ4v) is 3.32. The van der Waals surface area contributed by atoms with E-state index in [-0.39, 0.29) is 5.91 Å². The normalized spacial score (nSPS) is 10.9. The van der Waals surface area contributed by atoms with E-state index >= 15 is 0 Å². The van der Waals surface area contributed by atoms with Crippen LogP contribution >= 0.6 is 11.3 Å². The number of nitrogens with zero attached hydrogens (tertiary/aromatic N) is 4. The Labute approximate surface area is 156 Å². The summed E-state index contributed by atoms with van der Waals surface area (Å²) in [6.07, 6.45) is 2.53. The van der Waals surface area contributed by atoms with Crippen molar-refractivity contribution in [3.8, 4) is 11.1 Å². The van der Waals surface area contributed by atoms with Gasteiger partial charge in [0, 0.05) is 19.2 Å². The molecular formula is C19H21N5OS. The Morgan fingerprint density at radius 1 is 1.15 bits per heavy atom. The molecule has 7 heteroatoms. The van der Waals surface area contributed by atoms with Crippen molar-refractivity contribution >= 4 is 22.4 Å². The maximum Gasteiger partial charge on any atom is 0.259 e. The molecule has 0 fully saturated rings. The number of aryl methyl sites for hydroxylation is 1. The smallest absolute Gasteiger partial charge is 0.259 e. The van der Waals surface area contributed by atoms with Crippen molar-refractivity contribution in [2.24, 2.45) is 0 Å². The first-order valence-electron chi connectivity index (χ1n) is 8.34. The summed E-state index contributed by atoms with van der Waals surface area (Å²) < 4.78 is 0. The molecule has 0 bridgehead atoms. The highest BCUT2D eigenvalue weighted by molar-refractivity contribution is 7.15. The van der Waals surface area contributed by atoms with Crippen LogP contribution < -0.4 is 5.32 Å². The number of pyridine rings is 1. The predicted octanol–water partition coefficient (Wildman–Crippen LogP) is 3.26. The van der Waals surface area contributed by atoms with Gasteiger partial charge in [-0.3, -0.25) is 15.1 Å². The molecule has 3 rings (SSSR count). The molecule has 3 aromatic rings. The van der Waals surface area contributed by atoms with Crippen molar-refractivity contribution in [1.82, 2.24) is 20.1 Å². The zero-order chi connectivity index (χ0) is 18.5. The summed E-state index contributed by atoms with van der Waals surface area (Å²) in [4.78, 5) is 19.3. The van der Waals surface area contributed by atoms with Crippen LogP contribution in [0.25, 0.3) is 11.1 Å². The molecule has 0 atom stereocenters. The van der Waals surface area contributed by atoms with E-state index in [1.165, 1.54) is 11.3 Å². The molecule has 26 heavy (non-hydrogen) atoms. The van der Waals surface area contributed by atoms with Gasteiger partial charge >= 0.3 is 0 Å². The molecule has 0 radical (unpaired) electrons. The Morgan fingerprint density at radius 3 is 2.65 bits per heavy atom. The third kappa shape index (κ3) is 4.30. The molecule has 0 aliphatic rings. The number of carbonyl (C=O) groups is 1. The number of nitrogens with one attached hydrogen (secondary N) is 1. The molecule has 6 nitrogen and oxygen atoms in total. The fourth-order valence-electron chi connectivity index (χ4n) is 2.60. The Balaban J connectivity index is 1.83. The molecule has 0 aliphatic carbocycles. The van der Waals surface area contributed by atoms with Gasteiger partial charge in [0.05, 0.1) is 11.3 Å². The first kappa shape index (κ1) is 18.2. The van der Waals surface area contributed by atoms with Crippen molar-refractivity contribution in [1.29, 1.82) is 0 Å². The number of rotatable bonds is 6. The summed E-state index contributed by atoms with van der Waals surface area (Å²) in [6.45, 7) is 2.73. The van der Waals surface area contributed by atoms with Gasteiger partial charge in [-0.15, -0.1) is 10.2 Å². The molecule has 0 unspecified atom stereocenters. The molecular weight excluding hydrogens is 346 g/mol. The minimum Gasteiger partial charge on any atom is -0.309 e. The number of aromatic nitrogens is 3. The van der Waals surface area contributed by atoms with Crippen molar-refractivity contribution < 1.29 is 4.79 Å². The third-order valence-electron chi connectivity index (χ3n) is 3.91. The highest BCUT2D eigenvalue weighted by atomic mass is 32.1. The zero-order valence-electron chi connectivity index (χ0n) is 15.1. The number of benzene rings is 1. The lowest BCUT2D eigenvalue weighted by Crippen LogP contribution is -2.15. The molecule has 0 saturated carbocycles. The Kier molecular flexibility index (Phi) is 5.70. The second kappa shape index (κ2) is 8.16. The minimum atomic E-state index is -0.218. The van der Waals surface area contributed by atoms with Crippen LogP contribution in [-0.2, 0) is 6.42 Å². The quantitative estimate of drug-likeness (QED) is 0.724. The second-order valence-electron chi connectivity index (χ2n) is 6.19. The lowest BCUT2D eigenvalue weighted by molar-refractivity contribution is 0.102. The average molecular weight is 367 g/mol. The monoisotopic (exact) mass is 367 g/mol. The number of hydrogen-bond donors (Lipinski definition) is 1. The van der Waals surface area contributed by atoms with Crippen molar-refractivity contribution in [2.45, 2.75) is 13.3 Å². The average Bonchev–Trinajstić information content (AvgIpc) is 3.07. The third-order valence-corrected chi connectivity index (χ3v) is 4.81. The summed E-state index contributed by atoms with van der Waals surface area (Å²) in [6, 6.07) is 11.7. The highest BCUT2D eigenvalue weighted by Gasteiger charge is 2.18. The number of amides is 1. The molecule has 0 aliphatic heterocycles. The van der Waals surface area contributed by atoms with Gasteiger partial charge < -0.3 is 4.90 Å². The molecule has 1 amide bonds. The first-order valence-corrected chi connectivity index (χ1v) is 9.15. The van der Waals surface area contributed by atoms with Crippen molar-refractivity contribution in [3.05, 3.63) is 58.9 Å². The van der Waals surface area contributed by atoms with Crippen molar-refractivity contribution in [2.75, 3.05) is 26.0 Å². The summed E-state index contributed by atoms with van der Waals surface area (Å²) in [5.41, 5.74) is 3.07. The standard InChI is InChI=1S/C19H21N5OS/c1-13-17(15(9-11-20-13)14-7-5-4-6-8-14)18(25)21-19-23-22-16(26-19)10-12-24(2)3/h4-9,11H,10,12H2,1-3H3,(H,21,23,25). The van der Waals surface area contributed by atoms with Crippen LogP contribution in [0.5, 0.6) is 0 Å². The summed E-state index contributed by atoms with van der Waals surface area (Å²) in [5.74, 6) is -0.218. The van der Waals surface area contributed by atoms with E-state index in [2.05, 4.69) is 25.4 Å². The molecule has 2 aromatic heterocycles. The maximum absolute atomic E-state index is 12.9. The summed E-state index contributed by atoms with van der Waals surface area (Å²) in [5, 5.41) is 12.5. The van der Waals surface area contributed by atoms with Gasteiger partial charge in [0.1, 0.15) is 5.01 Å². The molecule has 0 spiro atoms. The first-order chi connectivity index (χ1) is 12.5. The highest BCUT2D eigenvalue weighted by Crippen LogP contribution is 2.26. The number of hydrogen-bond acceptors (Lipinski definition) is 6. The Bertz CT molecular complexity index is 892. The second-order valence-corrected chi connectivity index (χ2v) is 7.26. The van der Waals surface area contributed by atoms with Gasteiger partial charge in [-0.2, -0.15) is 0 Å². The maximum atomic E-state index is 12.9. The van der Waals surface area contributed by atoms with Gasteiger partial charge in [-0.25, -0.2) is 0 Å². The number of carbonyl (C=O) groups excluding carboxylic acids is 1. The largest absolute Gasteiger partial charge is 0.309 e. The lowest BCUT2D eigenvalue weighted by atomic mass is 9.99. The van der Waals surface area contributed by atoms with Crippen LogP contribution in [0.1, 0.15) is 21.1 Å². The molecule has 1 N–H and O–H groups in total. The van der Waals surface area contributed by atoms with Crippen LogP contribution in [-0.4, -0.2) is 46.6 Å². The van der Waals surface area contributed by atoms with Crippen LogP contribution in [0.4, 0.5) is 5.13 Å². The van der Waals surface area contributed by atoms with Crippen molar-refractivity contribution in [3.63, 3.8) is 0 Å². The van der Waals surface area contributed by atoms with Crippen LogP contribution in [0.3, 0.4) is 0 Å². The number of likely N-dealkylation sites (N-methyl/N-ethyl adjacent to an activating group) is 1. The topological polar surface area (TPSA) is 71.0 Å². The Hall–Kier alpha value is -2.64. The molecule has 0 saturated heterocycles. The van der Waals surface area contributed by atoms with Gasteiger partial charge in [-0.05, 0) is 38.2 Å². The van der Waals surface area contributed by atoms with Crippen LogP contribution in [0.2, 0.25) is 0 Å². The van der Waals surface area contributed by atoms with E-state index in [0.29, 0.717) is 16.4 Å². The minimum absolute atomic E-state index is 0.218. The van der Waals surface area contributed by atoms with E-state index < -0.39 is 0 Å². The Morgan fingerprint density at radius 2 is 1.92 bits per heavy atom. The SMILES string of the molecule is Cc1nccc(-c2ccccc2)c1C(=O)Nc1nnc(CCN(C)C)s1. The van der Waals surface area contributed by atoms with E-state index in [0.717, 1.165) is 29.1 Å². The van der Waals surface area contributed by atoms with Crippen LogP contribution in [0, 0.1) is 6.92 Å². The molecule has 2 heterocycles. The number of anilines is 1. The van der Waals surface area contributed by atoms with E-state index in [1.54, 1.807) is 6.20 Å². The van der Waals surface area contributed by atoms with E-state index in [9.17, 15) is 4.79 Å². The van der Waals surface area contributed by atoms with Gasteiger partial charge in [0.15, 0.2) is 0 Å². The fraction of sp³-hybridized carbons (Fsp3) is 0.263. The van der Waals surface area contributed by atoms with Gasteiger partial charge in [-0.1, -0.05) is 41.7 Å². The molecule has 1 aromatic carbocycles. The predicted molar refractivity (Wildman–Crippen MR) is 105 cm³/mol. The summed E-state index contributed by atoms with van der Waals surface area (Å²) in [7, 11) is 4.03. The zero-order valence-corrected chi connectivity index (χ0v) is 15.9. The summed E-state index contributed by atoms with van der Waals surface area (Å²) >= 11 is 1.40. The van der Waals surface area contributed by atoms with E-state index in [1.807, 2.05) is 57.4 Å². The molecule has 134 valence electrons. The van der Waals surface area contributed by atoms with E-state index in [4.69, 9.17) is 0 Å². The van der Waals surface area contributed by atoms with Crippen LogP contribution in [0.15, 0.2) is 42.6 Å². The van der Waals surface area contributed by atoms with Gasteiger partial charge in [0.2, 0.25) is 5.13 Å². The van der Waals surface area contributed by atoms with Gasteiger partial charge in [0.25, 0.3) is 5.91 Å².